The van der Waals surface area contributed by atoms with Gasteiger partial charge < -0.3 is 15.1 Å². The molecule has 2 fully saturated rings. The summed E-state index contributed by atoms with van der Waals surface area (Å²) in [7, 11) is 2.24. The zero-order valence-corrected chi connectivity index (χ0v) is 17.0. The molecule has 1 aromatic carbocycles. The van der Waals surface area contributed by atoms with E-state index in [0.29, 0.717) is 0 Å². The summed E-state index contributed by atoms with van der Waals surface area (Å²) >= 11 is 0. The van der Waals surface area contributed by atoms with Crippen LogP contribution in [0.5, 0.6) is 0 Å². The Kier molecular flexibility index (Phi) is 8.89. The molecule has 0 saturated carbocycles. The Labute approximate surface area is 167 Å². The molecule has 0 aromatic heterocycles. The van der Waals surface area contributed by atoms with E-state index in [2.05, 4.69) is 52.9 Å². The number of likely N-dealkylation sites (tertiary alicyclic amines) is 1. The molecule has 2 aliphatic rings. The predicted octanol–water partition coefficient (Wildman–Crippen LogP) is 1.62. The highest BCUT2D eigenvalue weighted by Gasteiger charge is 2.26. The summed E-state index contributed by atoms with van der Waals surface area (Å²) in [4.78, 5) is 26.0. The van der Waals surface area contributed by atoms with E-state index in [1.54, 1.807) is 0 Å². The molecule has 3 rings (SSSR count). The number of hydrogen-bond donors (Lipinski definition) is 2. The molecule has 0 bridgehead atoms. The minimum absolute atomic E-state index is 0.826. The zero-order valence-electron chi connectivity index (χ0n) is 17.0. The third-order valence-corrected chi connectivity index (χ3v) is 5.63. The molecule has 7 heteroatoms. The summed E-state index contributed by atoms with van der Waals surface area (Å²) < 4.78 is 0. The van der Waals surface area contributed by atoms with Crippen molar-refractivity contribution in [2.75, 3.05) is 46.3 Å². The maximum absolute atomic E-state index is 9.10. The molecule has 0 aliphatic carbocycles. The van der Waals surface area contributed by atoms with Crippen molar-refractivity contribution in [3.05, 3.63) is 35.4 Å². The zero-order chi connectivity index (χ0) is 20.5. The Bertz CT molecular complexity index is 607. The number of carboxylic acids is 2. The van der Waals surface area contributed by atoms with E-state index in [-0.39, 0.29) is 0 Å². The average molecular weight is 392 g/mol. The number of rotatable bonds is 4. The van der Waals surface area contributed by atoms with E-state index in [4.69, 9.17) is 19.8 Å². The number of hydrogen-bond acceptors (Lipinski definition) is 5. The molecule has 0 unspecified atom stereocenters. The molecule has 0 atom stereocenters. The molecular formula is C21H33N3O4. The summed E-state index contributed by atoms with van der Waals surface area (Å²) in [6.07, 6.45) is 3.82. The number of aliphatic carboxylic acids is 2. The van der Waals surface area contributed by atoms with Crippen LogP contribution in [0.4, 0.5) is 0 Å². The summed E-state index contributed by atoms with van der Waals surface area (Å²) in [5, 5.41) is 14.8. The van der Waals surface area contributed by atoms with E-state index in [1.807, 2.05) is 0 Å². The topological polar surface area (TPSA) is 84.3 Å². The molecule has 7 nitrogen and oxygen atoms in total. The number of benzene rings is 1. The monoisotopic (exact) mass is 391 g/mol. The first kappa shape index (κ1) is 22.3. The summed E-state index contributed by atoms with van der Waals surface area (Å²) in [5.41, 5.74) is 2.91. The fourth-order valence-corrected chi connectivity index (χ4v) is 3.77. The lowest BCUT2D eigenvalue weighted by Gasteiger charge is -2.42. The minimum Gasteiger partial charge on any atom is -0.473 e. The predicted molar refractivity (Wildman–Crippen MR) is 108 cm³/mol. The molecular weight excluding hydrogens is 358 g/mol. The largest absolute Gasteiger partial charge is 0.473 e. The summed E-state index contributed by atoms with van der Waals surface area (Å²) in [6.45, 7) is 10.9. The van der Waals surface area contributed by atoms with Gasteiger partial charge in [0.1, 0.15) is 0 Å². The number of piperazine rings is 1. The molecule has 0 radical (unpaired) electrons. The van der Waals surface area contributed by atoms with Crippen LogP contribution in [0.2, 0.25) is 0 Å². The van der Waals surface area contributed by atoms with Crippen LogP contribution in [0, 0.1) is 0 Å². The number of aryl methyl sites for hydroxylation is 1. The van der Waals surface area contributed by atoms with Crippen molar-refractivity contribution >= 4 is 11.9 Å². The maximum atomic E-state index is 9.10. The fourth-order valence-electron chi connectivity index (χ4n) is 3.77. The Morgan fingerprint density at radius 2 is 1.39 bits per heavy atom. The van der Waals surface area contributed by atoms with Gasteiger partial charge in [0.05, 0.1) is 0 Å². The Morgan fingerprint density at radius 1 is 0.893 bits per heavy atom. The molecule has 156 valence electrons. The molecule has 0 spiro atoms. The van der Waals surface area contributed by atoms with Gasteiger partial charge in [-0.1, -0.05) is 31.2 Å². The smallest absolute Gasteiger partial charge is 0.414 e. The second-order valence-corrected chi connectivity index (χ2v) is 7.63. The van der Waals surface area contributed by atoms with E-state index in [1.165, 1.54) is 63.2 Å². The van der Waals surface area contributed by atoms with Gasteiger partial charge in [0.15, 0.2) is 0 Å². The maximum Gasteiger partial charge on any atom is 0.414 e. The lowest BCUT2D eigenvalue weighted by atomic mass is 10.0. The number of nitrogens with zero attached hydrogens (tertiary/aromatic N) is 3. The van der Waals surface area contributed by atoms with Crippen LogP contribution >= 0.6 is 0 Å². The third kappa shape index (κ3) is 7.22. The normalized spacial score (nSPS) is 19.6. The van der Waals surface area contributed by atoms with Crippen LogP contribution in [0.25, 0.3) is 0 Å². The molecule has 2 aliphatic heterocycles. The molecule has 0 amide bonds. The van der Waals surface area contributed by atoms with Crippen molar-refractivity contribution in [1.29, 1.82) is 0 Å². The van der Waals surface area contributed by atoms with E-state index in [9.17, 15) is 0 Å². The molecule has 1 aromatic rings. The Balaban J connectivity index is 0.000000409. The average Bonchev–Trinajstić information content (AvgIpc) is 2.70. The molecule has 2 heterocycles. The van der Waals surface area contributed by atoms with Crippen molar-refractivity contribution in [2.24, 2.45) is 0 Å². The van der Waals surface area contributed by atoms with Crippen LogP contribution in [0.1, 0.15) is 30.9 Å². The number of likely N-dealkylation sites (N-methyl/N-ethyl adjacent to an activating group) is 1. The van der Waals surface area contributed by atoms with Crippen molar-refractivity contribution in [2.45, 2.75) is 38.8 Å². The van der Waals surface area contributed by atoms with Gasteiger partial charge in [-0.15, -0.1) is 0 Å². The van der Waals surface area contributed by atoms with Crippen molar-refractivity contribution in [1.82, 2.24) is 14.7 Å². The Hall–Kier alpha value is -1.96. The minimum atomic E-state index is -1.82. The molecule has 2 saturated heterocycles. The van der Waals surface area contributed by atoms with Gasteiger partial charge >= 0.3 is 11.9 Å². The van der Waals surface area contributed by atoms with Crippen LogP contribution in [-0.4, -0.2) is 89.2 Å². The van der Waals surface area contributed by atoms with Crippen LogP contribution in [0.3, 0.4) is 0 Å². The number of carboxylic acid groups (broad SMARTS) is 2. The van der Waals surface area contributed by atoms with Gasteiger partial charge in [-0.25, -0.2) is 9.59 Å². The molecule has 2 N–H and O–H groups in total. The van der Waals surface area contributed by atoms with E-state index >= 15 is 0 Å². The first-order valence-corrected chi connectivity index (χ1v) is 10.1. The highest BCUT2D eigenvalue weighted by molar-refractivity contribution is 6.27. The fraction of sp³-hybridized carbons (Fsp3) is 0.619. The summed E-state index contributed by atoms with van der Waals surface area (Å²) in [5.74, 6) is -3.65. The van der Waals surface area contributed by atoms with Gasteiger partial charge in [0.25, 0.3) is 0 Å². The lowest BCUT2D eigenvalue weighted by Crippen LogP contribution is -2.52. The van der Waals surface area contributed by atoms with Crippen molar-refractivity contribution in [3.63, 3.8) is 0 Å². The van der Waals surface area contributed by atoms with Gasteiger partial charge in [-0.05, 0) is 50.5 Å². The van der Waals surface area contributed by atoms with Gasteiger partial charge in [0, 0.05) is 38.8 Å². The van der Waals surface area contributed by atoms with Gasteiger partial charge in [-0.2, -0.15) is 0 Å². The molecule has 28 heavy (non-hydrogen) atoms. The first-order chi connectivity index (χ1) is 13.4. The lowest BCUT2D eigenvalue weighted by molar-refractivity contribution is -0.159. The van der Waals surface area contributed by atoms with Gasteiger partial charge in [0.2, 0.25) is 0 Å². The SMILES string of the molecule is CCc1ccc(CN2CCC(N3CCN(C)CC3)CC2)cc1.O=C(O)C(=O)O. The van der Waals surface area contributed by atoms with E-state index in [0.717, 1.165) is 19.0 Å². The van der Waals surface area contributed by atoms with Crippen LogP contribution in [-0.2, 0) is 22.6 Å². The van der Waals surface area contributed by atoms with Crippen LogP contribution < -0.4 is 0 Å². The third-order valence-electron chi connectivity index (χ3n) is 5.63. The first-order valence-electron chi connectivity index (χ1n) is 10.1. The van der Waals surface area contributed by atoms with Gasteiger partial charge in [-0.3, -0.25) is 9.80 Å². The Morgan fingerprint density at radius 3 is 1.86 bits per heavy atom. The highest BCUT2D eigenvalue weighted by Crippen LogP contribution is 2.19. The summed E-state index contributed by atoms with van der Waals surface area (Å²) in [6, 6.07) is 10.0. The number of piperidine rings is 1. The quantitative estimate of drug-likeness (QED) is 0.755. The highest BCUT2D eigenvalue weighted by atomic mass is 16.4. The standard InChI is InChI=1S/C19H31N3.C2H2O4/c1-3-17-4-6-18(7-5-17)16-21-10-8-19(9-11-21)22-14-12-20(2)13-15-22;3-1(4)2(5)6/h4-7,19H,3,8-16H2,1-2H3;(H,3,4)(H,5,6). The van der Waals surface area contributed by atoms with Crippen molar-refractivity contribution < 1.29 is 19.8 Å². The van der Waals surface area contributed by atoms with E-state index < -0.39 is 11.9 Å². The number of carbonyl (C=O) groups is 2. The second kappa shape index (κ2) is 11.1. The van der Waals surface area contributed by atoms with Crippen LogP contribution in [0.15, 0.2) is 24.3 Å². The van der Waals surface area contributed by atoms with Crippen molar-refractivity contribution in [3.8, 4) is 0 Å². The second-order valence-electron chi connectivity index (χ2n) is 7.63.